The van der Waals surface area contributed by atoms with Crippen LogP contribution in [0.4, 0.5) is 0 Å². The maximum Gasteiger partial charge on any atom is 0.313 e. The summed E-state index contributed by atoms with van der Waals surface area (Å²) in [5, 5.41) is 0. The van der Waals surface area contributed by atoms with E-state index in [0.29, 0.717) is 11.3 Å². The topological polar surface area (TPSA) is 52.6 Å². The second-order valence-electron chi connectivity index (χ2n) is 3.56. The molecule has 0 aromatic heterocycles. The van der Waals surface area contributed by atoms with Crippen molar-refractivity contribution in [3.05, 3.63) is 29.3 Å². The highest BCUT2D eigenvalue weighted by Crippen LogP contribution is 2.21. The van der Waals surface area contributed by atoms with Gasteiger partial charge in [0.15, 0.2) is 5.78 Å². The molecule has 0 fully saturated rings. The normalized spacial score (nSPS) is 9.82. The van der Waals surface area contributed by atoms with Gasteiger partial charge in [-0.1, -0.05) is 13.0 Å². The first-order valence-electron chi connectivity index (χ1n) is 5.39. The molecule has 0 N–H and O–H groups in total. The molecule has 1 aromatic carbocycles. The van der Waals surface area contributed by atoms with Gasteiger partial charge in [0.2, 0.25) is 0 Å². The van der Waals surface area contributed by atoms with Crippen LogP contribution in [0.15, 0.2) is 18.2 Å². The maximum atomic E-state index is 11.9. The van der Waals surface area contributed by atoms with Crippen LogP contribution in [-0.4, -0.2) is 26.0 Å². The maximum absolute atomic E-state index is 11.9. The number of hydrogen-bond donors (Lipinski definition) is 0. The lowest BCUT2D eigenvalue weighted by atomic mass is 10.0. The number of aryl methyl sites for hydroxylation is 1. The van der Waals surface area contributed by atoms with Crippen molar-refractivity contribution < 1.29 is 19.1 Å². The van der Waals surface area contributed by atoms with Crippen LogP contribution in [0.2, 0.25) is 0 Å². The van der Waals surface area contributed by atoms with E-state index in [4.69, 9.17) is 4.74 Å². The minimum atomic E-state index is -0.543. The molecular formula is C13H16O4. The monoisotopic (exact) mass is 236 g/mol. The third-order valence-electron chi connectivity index (χ3n) is 2.51. The zero-order valence-corrected chi connectivity index (χ0v) is 10.3. The van der Waals surface area contributed by atoms with E-state index in [1.165, 1.54) is 14.2 Å². The number of hydrogen-bond acceptors (Lipinski definition) is 4. The van der Waals surface area contributed by atoms with Crippen LogP contribution < -0.4 is 4.74 Å². The van der Waals surface area contributed by atoms with Crippen molar-refractivity contribution in [2.24, 2.45) is 0 Å². The van der Waals surface area contributed by atoms with E-state index in [9.17, 15) is 9.59 Å². The summed E-state index contributed by atoms with van der Waals surface area (Å²) in [7, 11) is 2.76. The van der Waals surface area contributed by atoms with Crippen molar-refractivity contribution in [3.63, 3.8) is 0 Å². The molecule has 0 atom stereocenters. The lowest BCUT2D eigenvalue weighted by Crippen LogP contribution is -2.11. The van der Waals surface area contributed by atoms with Crippen LogP contribution in [-0.2, 0) is 16.0 Å². The fourth-order valence-electron chi connectivity index (χ4n) is 1.49. The molecule has 1 rings (SSSR count). The third-order valence-corrected chi connectivity index (χ3v) is 2.51. The molecule has 0 saturated heterocycles. The Labute approximate surface area is 101 Å². The SMILES string of the molecule is CCc1ccc(OC)c(C(=O)CC(=O)OC)c1. The molecule has 0 spiro atoms. The molecule has 0 aliphatic rings. The lowest BCUT2D eigenvalue weighted by Gasteiger charge is -2.08. The lowest BCUT2D eigenvalue weighted by molar-refractivity contribution is -0.139. The predicted molar refractivity (Wildman–Crippen MR) is 63.3 cm³/mol. The summed E-state index contributed by atoms with van der Waals surface area (Å²) in [5.41, 5.74) is 1.45. The zero-order valence-electron chi connectivity index (χ0n) is 10.3. The Morgan fingerprint density at radius 2 is 1.94 bits per heavy atom. The van der Waals surface area contributed by atoms with E-state index >= 15 is 0 Å². The minimum Gasteiger partial charge on any atom is -0.496 e. The van der Waals surface area contributed by atoms with E-state index in [1.807, 2.05) is 13.0 Å². The van der Waals surface area contributed by atoms with E-state index in [-0.39, 0.29) is 12.2 Å². The van der Waals surface area contributed by atoms with Crippen molar-refractivity contribution in [1.82, 2.24) is 0 Å². The summed E-state index contributed by atoms with van der Waals surface area (Å²) in [6, 6.07) is 5.39. The summed E-state index contributed by atoms with van der Waals surface area (Å²) in [6.45, 7) is 2.00. The Morgan fingerprint density at radius 3 is 2.47 bits per heavy atom. The minimum absolute atomic E-state index is 0.264. The van der Waals surface area contributed by atoms with Crippen molar-refractivity contribution in [2.45, 2.75) is 19.8 Å². The number of carbonyl (C=O) groups is 2. The van der Waals surface area contributed by atoms with Crippen molar-refractivity contribution in [3.8, 4) is 5.75 Å². The van der Waals surface area contributed by atoms with Gasteiger partial charge in [0.1, 0.15) is 12.2 Å². The molecule has 0 unspecified atom stereocenters. The first-order valence-corrected chi connectivity index (χ1v) is 5.39. The number of benzene rings is 1. The Balaban J connectivity index is 3.01. The van der Waals surface area contributed by atoms with Crippen LogP contribution in [0.1, 0.15) is 29.3 Å². The van der Waals surface area contributed by atoms with Gasteiger partial charge in [-0.25, -0.2) is 0 Å². The van der Waals surface area contributed by atoms with Gasteiger partial charge in [-0.15, -0.1) is 0 Å². The average molecular weight is 236 g/mol. The molecule has 0 aliphatic carbocycles. The first-order chi connectivity index (χ1) is 8.12. The van der Waals surface area contributed by atoms with Crippen LogP contribution in [0.25, 0.3) is 0 Å². The quantitative estimate of drug-likeness (QED) is 0.446. The molecule has 0 saturated carbocycles. The van der Waals surface area contributed by atoms with Gasteiger partial charge in [-0.3, -0.25) is 9.59 Å². The molecule has 17 heavy (non-hydrogen) atoms. The van der Waals surface area contributed by atoms with Gasteiger partial charge in [-0.05, 0) is 24.1 Å². The largest absolute Gasteiger partial charge is 0.496 e. The van der Waals surface area contributed by atoms with E-state index in [0.717, 1.165) is 12.0 Å². The molecule has 4 nitrogen and oxygen atoms in total. The molecule has 1 aromatic rings. The molecule has 92 valence electrons. The Hall–Kier alpha value is -1.84. The van der Waals surface area contributed by atoms with E-state index < -0.39 is 5.97 Å². The van der Waals surface area contributed by atoms with Gasteiger partial charge >= 0.3 is 5.97 Å². The highest BCUT2D eigenvalue weighted by atomic mass is 16.5. The number of Topliss-reactive ketones (excluding diaryl/α,β-unsaturated/α-hetero) is 1. The summed E-state index contributed by atoms with van der Waals surface area (Å²) < 4.78 is 9.58. The Kier molecular flexibility index (Phi) is 4.69. The number of ether oxygens (including phenoxy) is 2. The zero-order chi connectivity index (χ0) is 12.8. The summed E-state index contributed by atoms with van der Waals surface area (Å²) in [6.07, 6.45) is 0.558. The highest BCUT2D eigenvalue weighted by molar-refractivity contribution is 6.07. The number of carbonyl (C=O) groups excluding carboxylic acids is 2. The van der Waals surface area contributed by atoms with E-state index in [2.05, 4.69) is 4.74 Å². The van der Waals surface area contributed by atoms with Crippen LogP contribution in [0.5, 0.6) is 5.75 Å². The van der Waals surface area contributed by atoms with Gasteiger partial charge < -0.3 is 9.47 Å². The van der Waals surface area contributed by atoms with Crippen molar-refractivity contribution in [1.29, 1.82) is 0 Å². The molecule has 0 aliphatic heterocycles. The molecule has 4 heteroatoms. The van der Waals surface area contributed by atoms with Crippen molar-refractivity contribution >= 4 is 11.8 Å². The number of esters is 1. The number of methoxy groups -OCH3 is 2. The van der Waals surface area contributed by atoms with Crippen LogP contribution in [0.3, 0.4) is 0 Å². The smallest absolute Gasteiger partial charge is 0.313 e. The Bertz CT molecular complexity index is 423. The van der Waals surface area contributed by atoms with Crippen LogP contribution >= 0.6 is 0 Å². The van der Waals surface area contributed by atoms with Crippen LogP contribution in [0, 0.1) is 0 Å². The summed E-state index contributed by atoms with van der Waals surface area (Å²) in [5.74, 6) is -0.348. The second kappa shape index (κ2) is 6.03. The van der Waals surface area contributed by atoms with Gasteiger partial charge in [0.05, 0.1) is 19.8 Å². The van der Waals surface area contributed by atoms with E-state index in [1.54, 1.807) is 12.1 Å². The van der Waals surface area contributed by atoms with Crippen molar-refractivity contribution in [2.75, 3.05) is 14.2 Å². The third kappa shape index (κ3) is 3.31. The fraction of sp³-hybridized carbons (Fsp3) is 0.385. The Morgan fingerprint density at radius 1 is 1.24 bits per heavy atom. The summed E-state index contributed by atoms with van der Waals surface area (Å²) in [4.78, 5) is 22.9. The average Bonchev–Trinajstić information content (AvgIpc) is 2.37. The molecule has 0 amide bonds. The molecule has 0 heterocycles. The molecule has 0 bridgehead atoms. The number of rotatable bonds is 5. The van der Waals surface area contributed by atoms with Gasteiger partial charge in [-0.2, -0.15) is 0 Å². The molecular weight excluding hydrogens is 220 g/mol. The first kappa shape index (κ1) is 13.2. The van der Waals surface area contributed by atoms with Gasteiger partial charge in [0.25, 0.3) is 0 Å². The number of ketones is 1. The van der Waals surface area contributed by atoms with Gasteiger partial charge in [0, 0.05) is 0 Å². The predicted octanol–water partition coefficient (Wildman–Crippen LogP) is 2.00. The molecule has 0 radical (unpaired) electrons. The second-order valence-corrected chi connectivity index (χ2v) is 3.56. The highest BCUT2D eigenvalue weighted by Gasteiger charge is 2.16. The fourth-order valence-corrected chi connectivity index (χ4v) is 1.49. The standard InChI is InChI=1S/C13H16O4/c1-4-9-5-6-12(16-2)10(7-9)11(14)8-13(15)17-3/h5-7H,4,8H2,1-3H3. The summed E-state index contributed by atoms with van der Waals surface area (Å²) >= 11 is 0.